The summed E-state index contributed by atoms with van der Waals surface area (Å²) in [6.07, 6.45) is 5.07. The van der Waals surface area contributed by atoms with E-state index in [4.69, 9.17) is 8.94 Å². The Labute approximate surface area is 144 Å². The minimum absolute atomic E-state index is 0.0416. The highest BCUT2D eigenvalue weighted by atomic mass is 16.5. The van der Waals surface area contributed by atoms with Gasteiger partial charge >= 0.3 is 0 Å². The number of ketones is 1. The van der Waals surface area contributed by atoms with E-state index in [1.54, 1.807) is 30.7 Å². The lowest BCUT2D eigenvalue weighted by Gasteiger charge is -2.30. The van der Waals surface area contributed by atoms with Crippen molar-refractivity contribution in [1.82, 2.24) is 20.0 Å². The van der Waals surface area contributed by atoms with Crippen molar-refractivity contribution < 1.29 is 13.7 Å². The van der Waals surface area contributed by atoms with Gasteiger partial charge in [0.1, 0.15) is 5.69 Å². The molecule has 1 aliphatic rings. The molecule has 7 nitrogen and oxygen atoms in total. The van der Waals surface area contributed by atoms with Crippen molar-refractivity contribution >= 4 is 5.78 Å². The van der Waals surface area contributed by atoms with Gasteiger partial charge in [0.25, 0.3) is 5.89 Å². The number of furan rings is 1. The number of hydrogen-bond acceptors (Lipinski definition) is 7. The largest absolute Gasteiger partial charge is 0.459 e. The molecule has 0 bridgehead atoms. The fourth-order valence-corrected chi connectivity index (χ4v) is 3.15. The SMILES string of the molecule is O=C(c1ccccn1)[C@H]1CCCN(Cc2noc(-c3ccco3)n2)C1. The number of rotatable bonds is 5. The van der Waals surface area contributed by atoms with E-state index in [0.717, 1.165) is 19.4 Å². The third-order valence-electron chi connectivity index (χ3n) is 4.36. The number of aromatic nitrogens is 3. The molecule has 0 aromatic carbocycles. The van der Waals surface area contributed by atoms with Crippen LogP contribution < -0.4 is 0 Å². The summed E-state index contributed by atoms with van der Waals surface area (Å²) in [7, 11) is 0. The minimum Gasteiger partial charge on any atom is -0.459 e. The topological polar surface area (TPSA) is 85.3 Å². The fraction of sp³-hybridized carbons (Fsp3) is 0.333. The van der Waals surface area contributed by atoms with Crippen LogP contribution in [0.25, 0.3) is 11.7 Å². The van der Waals surface area contributed by atoms with Gasteiger partial charge in [0, 0.05) is 18.7 Å². The number of likely N-dealkylation sites (tertiary alicyclic amines) is 1. The highest BCUT2D eigenvalue weighted by Gasteiger charge is 2.28. The first-order chi connectivity index (χ1) is 12.3. The molecule has 128 valence electrons. The van der Waals surface area contributed by atoms with Gasteiger partial charge in [-0.25, -0.2) is 0 Å². The standard InChI is InChI=1S/C18H18N4O3/c23-17(14-6-1-2-8-19-14)13-5-3-9-22(11-13)12-16-20-18(25-21-16)15-7-4-10-24-15/h1-2,4,6-8,10,13H,3,5,9,11-12H2/t13-/m0/s1. The Hall–Kier alpha value is -2.80. The molecule has 4 rings (SSSR count). The van der Waals surface area contributed by atoms with Crippen LogP contribution in [0.4, 0.5) is 0 Å². The van der Waals surface area contributed by atoms with Gasteiger partial charge in [0.15, 0.2) is 17.4 Å². The maximum Gasteiger partial charge on any atom is 0.293 e. The van der Waals surface area contributed by atoms with E-state index in [1.165, 1.54) is 0 Å². The highest BCUT2D eigenvalue weighted by molar-refractivity contribution is 5.96. The molecule has 1 saturated heterocycles. The second-order valence-electron chi connectivity index (χ2n) is 6.15. The Morgan fingerprint density at radius 3 is 3.04 bits per heavy atom. The van der Waals surface area contributed by atoms with E-state index in [1.807, 2.05) is 12.1 Å². The molecule has 4 heterocycles. The molecule has 1 atom stereocenters. The zero-order chi connectivity index (χ0) is 17.1. The van der Waals surface area contributed by atoms with Gasteiger partial charge in [-0.1, -0.05) is 11.2 Å². The second-order valence-corrected chi connectivity index (χ2v) is 6.15. The van der Waals surface area contributed by atoms with Crippen molar-refractivity contribution in [1.29, 1.82) is 0 Å². The van der Waals surface area contributed by atoms with Crippen molar-refractivity contribution in [3.8, 4) is 11.7 Å². The molecule has 0 radical (unpaired) electrons. The van der Waals surface area contributed by atoms with Gasteiger partial charge in [-0.05, 0) is 43.7 Å². The van der Waals surface area contributed by atoms with Crippen LogP contribution >= 0.6 is 0 Å². The zero-order valence-electron chi connectivity index (χ0n) is 13.7. The van der Waals surface area contributed by atoms with Gasteiger partial charge in [0.2, 0.25) is 0 Å². The maximum absolute atomic E-state index is 12.6. The predicted octanol–water partition coefficient (Wildman–Crippen LogP) is 2.82. The van der Waals surface area contributed by atoms with Crippen molar-refractivity contribution in [2.45, 2.75) is 19.4 Å². The number of Topliss-reactive ketones (excluding diaryl/α,β-unsaturated/α-hetero) is 1. The molecule has 3 aromatic heterocycles. The number of nitrogens with zero attached hydrogens (tertiary/aromatic N) is 4. The van der Waals surface area contributed by atoms with Gasteiger partial charge in [-0.15, -0.1) is 0 Å². The maximum atomic E-state index is 12.6. The lowest BCUT2D eigenvalue weighted by Crippen LogP contribution is -2.38. The van der Waals surface area contributed by atoms with Crippen LogP contribution in [0.5, 0.6) is 0 Å². The molecule has 0 aliphatic carbocycles. The molecule has 0 unspecified atom stereocenters. The molecule has 0 N–H and O–H groups in total. The van der Waals surface area contributed by atoms with Crippen LogP contribution in [-0.4, -0.2) is 38.9 Å². The summed E-state index contributed by atoms with van der Waals surface area (Å²) in [5, 5.41) is 4.01. The molecule has 3 aromatic rings. The fourth-order valence-electron chi connectivity index (χ4n) is 3.15. The second kappa shape index (κ2) is 6.98. The molecule has 1 fully saturated rings. The van der Waals surface area contributed by atoms with Gasteiger partial charge < -0.3 is 8.94 Å². The Morgan fingerprint density at radius 1 is 1.28 bits per heavy atom. The summed E-state index contributed by atoms with van der Waals surface area (Å²) >= 11 is 0. The van der Waals surface area contributed by atoms with E-state index < -0.39 is 0 Å². The third-order valence-corrected chi connectivity index (χ3v) is 4.36. The number of hydrogen-bond donors (Lipinski definition) is 0. The zero-order valence-corrected chi connectivity index (χ0v) is 13.7. The van der Waals surface area contributed by atoms with E-state index in [0.29, 0.717) is 36.3 Å². The lowest BCUT2D eigenvalue weighted by molar-refractivity contribution is 0.0802. The van der Waals surface area contributed by atoms with Crippen molar-refractivity contribution in [3.05, 3.63) is 54.3 Å². The average molecular weight is 338 g/mol. The summed E-state index contributed by atoms with van der Waals surface area (Å²) < 4.78 is 10.5. The molecular formula is C18H18N4O3. The Kier molecular flexibility index (Phi) is 4.39. The molecule has 25 heavy (non-hydrogen) atoms. The molecular weight excluding hydrogens is 320 g/mol. The average Bonchev–Trinajstić information content (AvgIpc) is 3.34. The van der Waals surface area contributed by atoms with Crippen LogP contribution in [0.2, 0.25) is 0 Å². The van der Waals surface area contributed by atoms with Gasteiger partial charge in [-0.2, -0.15) is 4.98 Å². The van der Waals surface area contributed by atoms with Crippen LogP contribution in [0, 0.1) is 5.92 Å². The molecule has 0 amide bonds. The van der Waals surface area contributed by atoms with Crippen LogP contribution in [0.15, 0.2) is 51.7 Å². The van der Waals surface area contributed by atoms with Crippen LogP contribution in [0.1, 0.15) is 29.2 Å². The quantitative estimate of drug-likeness (QED) is 0.661. The Balaban J connectivity index is 1.41. The number of pyridine rings is 1. The summed E-state index contributed by atoms with van der Waals surface area (Å²) in [5.41, 5.74) is 0.536. The number of carbonyl (C=O) groups excluding carboxylic acids is 1. The molecule has 0 spiro atoms. The molecule has 7 heteroatoms. The van der Waals surface area contributed by atoms with Crippen molar-refractivity contribution in [2.24, 2.45) is 5.92 Å². The van der Waals surface area contributed by atoms with Gasteiger partial charge in [0.05, 0.1) is 12.8 Å². The summed E-state index contributed by atoms with van der Waals surface area (Å²) in [6.45, 7) is 2.15. The van der Waals surface area contributed by atoms with Crippen LogP contribution in [-0.2, 0) is 6.54 Å². The first kappa shape index (κ1) is 15.7. The van der Waals surface area contributed by atoms with E-state index in [2.05, 4.69) is 20.0 Å². The van der Waals surface area contributed by atoms with E-state index in [9.17, 15) is 4.79 Å². The summed E-state index contributed by atoms with van der Waals surface area (Å²) in [5.74, 6) is 1.59. The summed E-state index contributed by atoms with van der Waals surface area (Å²) in [4.78, 5) is 23.3. The lowest BCUT2D eigenvalue weighted by atomic mass is 9.92. The smallest absolute Gasteiger partial charge is 0.293 e. The van der Waals surface area contributed by atoms with E-state index in [-0.39, 0.29) is 11.7 Å². The van der Waals surface area contributed by atoms with Crippen LogP contribution in [0.3, 0.4) is 0 Å². The van der Waals surface area contributed by atoms with Crippen molar-refractivity contribution in [2.75, 3.05) is 13.1 Å². The van der Waals surface area contributed by atoms with E-state index >= 15 is 0 Å². The monoisotopic (exact) mass is 338 g/mol. The first-order valence-corrected chi connectivity index (χ1v) is 8.33. The number of carbonyl (C=O) groups is 1. The minimum atomic E-state index is -0.0416. The van der Waals surface area contributed by atoms with Crippen molar-refractivity contribution in [3.63, 3.8) is 0 Å². The third kappa shape index (κ3) is 3.51. The Bertz CT molecular complexity index is 829. The number of piperidine rings is 1. The summed E-state index contributed by atoms with van der Waals surface area (Å²) in [6, 6.07) is 8.99. The highest BCUT2D eigenvalue weighted by Crippen LogP contribution is 2.22. The molecule has 1 aliphatic heterocycles. The normalized spacial score (nSPS) is 18.3. The molecule has 0 saturated carbocycles. The predicted molar refractivity (Wildman–Crippen MR) is 88.6 cm³/mol. The first-order valence-electron chi connectivity index (χ1n) is 8.33. The Morgan fingerprint density at radius 2 is 2.24 bits per heavy atom. The van der Waals surface area contributed by atoms with Gasteiger partial charge in [-0.3, -0.25) is 14.7 Å².